The number of aliphatic carboxylic acids is 1. The van der Waals surface area contributed by atoms with Gasteiger partial charge in [-0.15, -0.1) is 0 Å². The minimum Gasteiger partial charge on any atom is -0.479 e. The zero-order valence-corrected chi connectivity index (χ0v) is 13.8. The molecule has 25 heavy (non-hydrogen) atoms. The fourth-order valence-electron chi connectivity index (χ4n) is 2.89. The molecular weight excluding hydrogens is 349 g/mol. The number of hydrogen-bond donors (Lipinski definition) is 1. The Balaban J connectivity index is 1.99. The van der Waals surface area contributed by atoms with Crippen molar-refractivity contribution in [3.05, 3.63) is 70.5 Å². The van der Waals surface area contributed by atoms with Crippen LogP contribution < -0.4 is 0 Å². The Hall–Kier alpha value is -2.44. The van der Waals surface area contributed by atoms with Crippen molar-refractivity contribution < 1.29 is 23.8 Å². The van der Waals surface area contributed by atoms with Crippen molar-refractivity contribution in [2.75, 3.05) is 6.61 Å². The lowest BCUT2D eigenvalue weighted by molar-refractivity contribution is -0.174. The van der Waals surface area contributed by atoms with Crippen molar-refractivity contribution in [1.82, 2.24) is 4.90 Å². The van der Waals surface area contributed by atoms with Gasteiger partial charge in [-0.05, 0) is 35.4 Å². The number of benzene rings is 2. The fraction of sp³-hybridized carbons (Fsp3) is 0.222. The molecule has 2 aromatic rings. The van der Waals surface area contributed by atoms with E-state index in [1.165, 1.54) is 17.0 Å². The molecule has 0 unspecified atom stereocenters. The lowest BCUT2D eigenvalue weighted by atomic mass is 9.97. The maximum Gasteiger partial charge on any atom is 0.335 e. The quantitative estimate of drug-likeness (QED) is 0.906. The normalized spacial score (nSPS) is 20.6. The Bertz CT molecular complexity index is 796. The molecular formula is C18H15ClFNO4. The summed E-state index contributed by atoms with van der Waals surface area (Å²) in [5.74, 6) is -1.95. The van der Waals surface area contributed by atoms with Crippen LogP contribution in [0.5, 0.6) is 0 Å². The molecule has 0 bridgehead atoms. The van der Waals surface area contributed by atoms with E-state index < -0.39 is 23.9 Å². The second-order valence-corrected chi connectivity index (χ2v) is 6.15. The van der Waals surface area contributed by atoms with Crippen LogP contribution in [-0.2, 0) is 20.9 Å². The van der Waals surface area contributed by atoms with Crippen molar-refractivity contribution >= 4 is 23.5 Å². The predicted molar refractivity (Wildman–Crippen MR) is 88.5 cm³/mol. The number of ether oxygens (including phenoxy) is 1. The Labute approximate surface area is 148 Å². The summed E-state index contributed by atoms with van der Waals surface area (Å²) in [6.45, 7) is -0.257. The Morgan fingerprint density at radius 1 is 1.28 bits per heavy atom. The number of rotatable bonds is 4. The first-order valence-corrected chi connectivity index (χ1v) is 7.97. The maximum absolute atomic E-state index is 13.5. The molecule has 1 amide bonds. The molecule has 130 valence electrons. The molecule has 0 radical (unpaired) electrons. The molecule has 3 rings (SSSR count). The number of carboxylic acids is 1. The number of halogens is 2. The number of carbonyl (C=O) groups excluding carboxylic acids is 1. The van der Waals surface area contributed by atoms with E-state index in [9.17, 15) is 19.1 Å². The van der Waals surface area contributed by atoms with Gasteiger partial charge in [0.1, 0.15) is 12.4 Å². The third kappa shape index (κ3) is 3.81. The Kier molecular flexibility index (Phi) is 5.01. The molecule has 1 saturated heterocycles. The largest absolute Gasteiger partial charge is 0.479 e. The molecule has 1 heterocycles. The maximum atomic E-state index is 13.5. The minimum absolute atomic E-state index is 0.0804. The summed E-state index contributed by atoms with van der Waals surface area (Å²) in [6.07, 6.45) is -1.22. The molecule has 0 saturated carbocycles. The monoisotopic (exact) mass is 363 g/mol. The van der Waals surface area contributed by atoms with Gasteiger partial charge in [-0.1, -0.05) is 35.9 Å². The number of nitrogens with zero attached hydrogens (tertiary/aromatic N) is 1. The van der Waals surface area contributed by atoms with E-state index in [1.54, 1.807) is 36.4 Å². The molecule has 2 atom stereocenters. The molecule has 1 N–H and O–H groups in total. The summed E-state index contributed by atoms with van der Waals surface area (Å²) in [5.41, 5.74) is 1.15. The van der Waals surface area contributed by atoms with Crippen LogP contribution in [0.2, 0.25) is 5.02 Å². The average Bonchev–Trinajstić information content (AvgIpc) is 2.57. The van der Waals surface area contributed by atoms with Crippen LogP contribution in [0.4, 0.5) is 4.39 Å². The predicted octanol–water partition coefficient (Wildman–Crippen LogP) is 3.03. The summed E-state index contributed by atoms with van der Waals surface area (Å²) in [6, 6.07) is 11.6. The van der Waals surface area contributed by atoms with Crippen LogP contribution in [-0.4, -0.2) is 34.6 Å². The third-order valence-electron chi connectivity index (χ3n) is 4.03. The number of amides is 1. The lowest BCUT2D eigenvalue weighted by Crippen LogP contribution is -2.51. The van der Waals surface area contributed by atoms with Crippen LogP contribution in [0.1, 0.15) is 17.2 Å². The minimum atomic E-state index is -1.22. The molecule has 0 aliphatic carbocycles. The molecule has 0 aromatic heterocycles. The summed E-state index contributed by atoms with van der Waals surface area (Å²) >= 11 is 5.89. The van der Waals surface area contributed by atoms with Gasteiger partial charge < -0.3 is 14.7 Å². The highest BCUT2D eigenvalue weighted by Gasteiger charge is 2.41. The number of carboxylic acid groups (broad SMARTS) is 1. The standard InChI is InChI=1S/C18H15ClFNO4/c19-13-6-4-12(5-7-13)16-17(18(23)24)25-10-15(22)21(16)9-11-2-1-3-14(20)8-11/h1-8,16-17H,9-10H2,(H,23,24)/t16-,17-/m1/s1. The average molecular weight is 364 g/mol. The van der Waals surface area contributed by atoms with Gasteiger partial charge in [-0.3, -0.25) is 4.79 Å². The molecule has 5 nitrogen and oxygen atoms in total. The molecule has 0 spiro atoms. The van der Waals surface area contributed by atoms with Crippen LogP contribution in [0, 0.1) is 5.82 Å². The van der Waals surface area contributed by atoms with Gasteiger partial charge >= 0.3 is 5.97 Å². The SMILES string of the molecule is O=C(O)[C@@H]1OCC(=O)N(Cc2cccc(F)c2)[C@@H]1c1ccc(Cl)cc1. The van der Waals surface area contributed by atoms with Crippen molar-refractivity contribution in [1.29, 1.82) is 0 Å². The van der Waals surface area contributed by atoms with E-state index in [0.717, 1.165) is 0 Å². The highest BCUT2D eigenvalue weighted by Crippen LogP contribution is 2.32. The molecule has 1 fully saturated rings. The third-order valence-corrected chi connectivity index (χ3v) is 4.28. The number of hydrogen-bond acceptors (Lipinski definition) is 3. The van der Waals surface area contributed by atoms with Crippen LogP contribution in [0.25, 0.3) is 0 Å². The van der Waals surface area contributed by atoms with Crippen LogP contribution >= 0.6 is 11.6 Å². The van der Waals surface area contributed by atoms with Gasteiger partial charge in [-0.25, -0.2) is 9.18 Å². The van der Waals surface area contributed by atoms with E-state index in [2.05, 4.69) is 0 Å². The molecule has 1 aliphatic heterocycles. The summed E-state index contributed by atoms with van der Waals surface area (Å²) < 4.78 is 18.7. The van der Waals surface area contributed by atoms with Crippen molar-refractivity contribution in [2.24, 2.45) is 0 Å². The Morgan fingerprint density at radius 2 is 2.00 bits per heavy atom. The summed E-state index contributed by atoms with van der Waals surface area (Å²) in [5, 5.41) is 9.99. The van der Waals surface area contributed by atoms with Gasteiger partial charge in [0.15, 0.2) is 6.10 Å². The van der Waals surface area contributed by atoms with Crippen LogP contribution in [0.15, 0.2) is 48.5 Å². The lowest BCUT2D eigenvalue weighted by Gasteiger charge is -2.39. The van der Waals surface area contributed by atoms with E-state index in [0.29, 0.717) is 16.1 Å². The van der Waals surface area contributed by atoms with E-state index in [-0.39, 0.29) is 19.1 Å². The summed E-state index contributed by atoms with van der Waals surface area (Å²) in [7, 11) is 0. The zero-order chi connectivity index (χ0) is 18.0. The second-order valence-electron chi connectivity index (χ2n) is 5.72. The van der Waals surface area contributed by atoms with Gasteiger partial charge in [0.25, 0.3) is 0 Å². The zero-order valence-electron chi connectivity index (χ0n) is 13.1. The number of morpholine rings is 1. The van der Waals surface area contributed by atoms with E-state index >= 15 is 0 Å². The molecule has 1 aliphatic rings. The first kappa shape index (κ1) is 17.4. The number of carbonyl (C=O) groups is 2. The highest BCUT2D eigenvalue weighted by atomic mass is 35.5. The smallest absolute Gasteiger partial charge is 0.335 e. The van der Waals surface area contributed by atoms with Crippen molar-refractivity contribution in [2.45, 2.75) is 18.7 Å². The van der Waals surface area contributed by atoms with E-state index in [1.807, 2.05) is 0 Å². The van der Waals surface area contributed by atoms with Gasteiger partial charge in [0.05, 0.1) is 6.04 Å². The van der Waals surface area contributed by atoms with Gasteiger partial charge in [0, 0.05) is 11.6 Å². The van der Waals surface area contributed by atoms with Crippen LogP contribution in [0.3, 0.4) is 0 Å². The van der Waals surface area contributed by atoms with Gasteiger partial charge in [0.2, 0.25) is 5.91 Å². The molecule has 2 aromatic carbocycles. The van der Waals surface area contributed by atoms with Gasteiger partial charge in [-0.2, -0.15) is 0 Å². The highest BCUT2D eigenvalue weighted by molar-refractivity contribution is 6.30. The fourth-order valence-corrected chi connectivity index (χ4v) is 3.02. The topological polar surface area (TPSA) is 66.8 Å². The first-order chi connectivity index (χ1) is 12.0. The second kappa shape index (κ2) is 7.21. The summed E-state index contributed by atoms with van der Waals surface area (Å²) in [4.78, 5) is 25.4. The van der Waals surface area contributed by atoms with E-state index in [4.69, 9.17) is 16.3 Å². The Morgan fingerprint density at radius 3 is 2.64 bits per heavy atom. The van der Waals surface area contributed by atoms with Crippen molar-refractivity contribution in [3.63, 3.8) is 0 Å². The molecule has 7 heteroatoms. The first-order valence-electron chi connectivity index (χ1n) is 7.59. The van der Waals surface area contributed by atoms with Crippen molar-refractivity contribution in [3.8, 4) is 0 Å².